The van der Waals surface area contributed by atoms with E-state index in [9.17, 15) is 9.90 Å². The summed E-state index contributed by atoms with van der Waals surface area (Å²) in [5.74, 6) is 2.61. The molecule has 1 saturated heterocycles. The second kappa shape index (κ2) is 8.88. The smallest absolute Gasteiger partial charge is 0.308 e. The highest BCUT2D eigenvalue weighted by Gasteiger charge is 2.33. The number of likely N-dealkylation sites (tertiary alicyclic amines) is 1. The number of nitrogens with zero attached hydrogens (tertiary/aromatic N) is 2. The third-order valence-corrected chi connectivity index (χ3v) is 5.53. The Balaban J connectivity index is 1.65. The van der Waals surface area contributed by atoms with Gasteiger partial charge in [-0.05, 0) is 68.0 Å². The standard InChI is InChI=1S/C22H26N2O3/c1-3-12-24-13-10-17(20(15-24)22(25)26)6-4-5-16-9-11-23-21-8-7-18(27-2)14-19(16)21/h1,7-9,11,14,17,20H,4-6,10,12-13,15H2,2H3,(H,25,26)/t17-,20+/m1/s1. The number of carboxylic acids is 1. The van der Waals surface area contributed by atoms with E-state index < -0.39 is 5.97 Å². The summed E-state index contributed by atoms with van der Waals surface area (Å²) < 4.78 is 5.34. The highest BCUT2D eigenvalue weighted by atomic mass is 16.5. The Morgan fingerprint density at radius 3 is 3.04 bits per heavy atom. The number of rotatable bonds is 7. The fourth-order valence-electron chi connectivity index (χ4n) is 4.05. The van der Waals surface area contributed by atoms with Crippen LogP contribution < -0.4 is 4.74 Å². The second-order valence-corrected chi connectivity index (χ2v) is 7.18. The lowest BCUT2D eigenvalue weighted by Gasteiger charge is -2.35. The van der Waals surface area contributed by atoms with Crippen molar-refractivity contribution in [1.29, 1.82) is 0 Å². The lowest BCUT2D eigenvalue weighted by Crippen LogP contribution is -2.44. The minimum absolute atomic E-state index is 0.208. The molecule has 0 unspecified atom stereocenters. The minimum Gasteiger partial charge on any atom is -0.497 e. The van der Waals surface area contributed by atoms with Gasteiger partial charge in [0.05, 0.1) is 25.1 Å². The Bertz CT molecular complexity index is 843. The van der Waals surface area contributed by atoms with Crippen LogP contribution in [0.3, 0.4) is 0 Å². The number of hydrogen-bond acceptors (Lipinski definition) is 4. The van der Waals surface area contributed by atoms with Crippen molar-refractivity contribution in [2.24, 2.45) is 11.8 Å². The maximum Gasteiger partial charge on any atom is 0.308 e. The van der Waals surface area contributed by atoms with Gasteiger partial charge in [-0.25, -0.2) is 0 Å². The molecule has 2 aromatic rings. The summed E-state index contributed by atoms with van der Waals surface area (Å²) in [5.41, 5.74) is 2.19. The average Bonchev–Trinajstić information content (AvgIpc) is 2.68. The van der Waals surface area contributed by atoms with Crippen LogP contribution in [0.4, 0.5) is 0 Å². The second-order valence-electron chi connectivity index (χ2n) is 7.18. The summed E-state index contributed by atoms with van der Waals surface area (Å²) in [6, 6.07) is 7.96. The van der Waals surface area contributed by atoms with E-state index in [1.807, 2.05) is 30.5 Å². The molecule has 5 nitrogen and oxygen atoms in total. The van der Waals surface area contributed by atoms with Gasteiger partial charge in [0.25, 0.3) is 0 Å². The van der Waals surface area contributed by atoms with Gasteiger partial charge in [0.15, 0.2) is 0 Å². The van der Waals surface area contributed by atoms with Crippen molar-refractivity contribution in [2.45, 2.75) is 25.7 Å². The third kappa shape index (κ3) is 4.58. The van der Waals surface area contributed by atoms with Gasteiger partial charge in [0.1, 0.15) is 5.75 Å². The largest absolute Gasteiger partial charge is 0.497 e. The lowest BCUT2D eigenvalue weighted by atomic mass is 9.81. The molecule has 2 atom stereocenters. The molecule has 0 aliphatic carbocycles. The zero-order valence-electron chi connectivity index (χ0n) is 15.7. The number of pyridine rings is 1. The van der Waals surface area contributed by atoms with E-state index in [-0.39, 0.29) is 11.8 Å². The molecule has 27 heavy (non-hydrogen) atoms. The predicted octanol–water partition coefficient (Wildman–Crippen LogP) is 3.22. The van der Waals surface area contributed by atoms with Crippen LogP contribution in [0, 0.1) is 24.2 Å². The van der Waals surface area contributed by atoms with Gasteiger partial charge in [0, 0.05) is 18.1 Å². The molecule has 2 heterocycles. The summed E-state index contributed by atoms with van der Waals surface area (Å²) in [5, 5.41) is 10.7. The molecule has 1 aromatic heterocycles. The van der Waals surface area contributed by atoms with E-state index in [1.54, 1.807) is 7.11 Å². The molecule has 1 N–H and O–H groups in total. The minimum atomic E-state index is -0.708. The van der Waals surface area contributed by atoms with E-state index in [2.05, 4.69) is 15.8 Å². The number of piperidine rings is 1. The van der Waals surface area contributed by atoms with Crippen LogP contribution in [0.5, 0.6) is 5.75 Å². The molecule has 142 valence electrons. The Labute approximate surface area is 160 Å². The third-order valence-electron chi connectivity index (χ3n) is 5.53. The van der Waals surface area contributed by atoms with E-state index in [4.69, 9.17) is 11.2 Å². The molecule has 1 fully saturated rings. The quantitative estimate of drug-likeness (QED) is 0.763. The Hall–Kier alpha value is -2.58. The summed E-state index contributed by atoms with van der Waals surface area (Å²) in [4.78, 5) is 18.2. The van der Waals surface area contributed by atoms with Gasteiger partial charge >= 0.3 is 5.97 Å². The van der Waals surface area contributed by atoms with E-state index >= 15 is 0 Å². The maximum absolute atomic E-state index is 11.7. The van der Waals surface area contributed by atoms with Crippen molar-refractivity contribution in [3.8, 4) is 18.1 Å². The van der Waals surface area contributed by atoms with Crippen LogP contribution in [0.15, 0.2) is 30.5 Å². The first-order chi connectivity index (χ1) is 13.1. The van der Waals surface area contributed by atoms with Gasteiger partial charge in [-0.3, -0.25) is 14.7 Å². The summed E-state index contributed by atoms with van der Waals surface area (Å²) >= 11 is 0. The van der Waals surface area contributed by atoms with Crippen molar-refractivity contribution in [3.05, 3.63) is 36.0 Å². The molecular formula is C22H26N2O3. The van der Waals surface area contributed by atoms with Crippen molar-refractivity contribution in [2.75, 3.05) is 26.7 Å². The van der Waals surface area contributed by atoms with Crippen molar-refractivity contribution in [3.63, 3.8) is 0 Å². The van der Waals surface area contributed by atoms with Gasteiger partial charge in [-0.1, -0.05) is 5.92 Å². The number of aliphatic carboxylic acids is 1. The van der Waals surface area contributed by atoms with E-state index in [0.29, 0.717) is 13.1 Å². The SMILES string of the molecule is C#CCN1CC[C@@H](CCCc2ccnc3ccc(OC)cc23)[C@@H](C(=O)O)C1. The fraction of sp³-hybridized carbons (Fsp3) is 0.455. The van der Waals surface area contributed by atoms with Crippen molar-refractivity contribution < 1.29 is 14.6 Å². The number of aromatic nitrogens is 1. The first kappa shape index (κ1) is 19.2. The number of ether oxygens (including phenoxy) is 1. The molecule has 5 heteroatoms. The zero-order valence-corrected chi connectivity index (χ0v) is 15.7. The first-order valence-electron chi connectivity index (χ1n) is 9.42. The normalized spacial score (nSPS) is 20.3. The molecule has 0 amide bonds. The van der Waals surface area contributed by atoms with Gasteiger partial charge in [-0.2, -0.15) is 0 Å². The molecule has 1 aromatic carbocycles. The van der Waals surface area contributed by atoms with Crippen LogP contribution in [0.25, 0.3) is 10.9 Å². The average molecular weight is 366 g/mol. The molecule has 1 aliphatic heterocycles. The van der Waals surface area contributed by atoms with E-state index in [0.717, 1.165) is 48.9 Å². The predicted molar refractivity (Wildman–Crippen MR) is 106 cm³/mol. The topological polar surface area (TPSA) is 62.7 Å². The number of methoxy groups -OCH3 is 1. The van der Waals surface area contributed by atoms with E-state index in [1.165, 1.54) is 5.56 Å². The molecular weight excluding hydrogens is 340 g/mol. The number of hydrogen-bond donors (Lipinski definition) is 1. The van der Waals surface area contributed by atoms with Gasteiger partial charge in [-0.15, -0.1) is 6.42 Å². The number of aryl methyl sites for hydroxylation is 1. The number of benzene rings is 1. The zero-order chi connectivity index (χ0) is 19.2. The summed E-state index contributed by atoms with van der Waals surface area (Å²) in [7, 11) is 1.66. The molecule has 1 aliphatic rings. The Morgan fingerprint density at radius 2 is 2.30 bits per heavy atom. The molecule has 0 bridgehead atoms. The molecule has 0 spiro atoms. The molecule has 0 saturated carbocycles. The lowest BCUT2D eigenvalue weighted by molar-refractivity contribution is -0.146. The summed E-state index contributed by atoms with van der Waals surface area (Å²) in [6.45, 7) is 1.97. The highest BCUT2D eigenvalue weighted by molar-refractivity contribution is 5.83. The highest BCUT2D eigenvalue weighted by Crippen LogP contribution is 2.30. The van der Waals surface area contributed by atoms with Gasteiger partial charge < -0.3 is 9.84 Å². The molecule has 3 rings (SSSR count). The maximum atomic E-state index is 11.7. The van der Waals surface area contributed by atoms with Gasteiger partial charge in [0.2, 0.25) is 0 Å². The summed E-state index contributed by atoms with van der Waals surface area (Å²) in [6.07, 6.45) is 10.9. The van der Waals surface area contributed by atoms with Crippen LogP contribution >= 0.6 is 0 Å². The van der Waals surface area contributed by atoms with Crippen LogP contribution in [-0.2, 0) is 11.2 Å². The number of carboxylic acid groups (broad SMARTS) is 1. The van der Waals surface area contributed by atoms with Crippen LogP contribution in [0.1, 0.15) is 24.8 Å². The van der Waals surface area contributed by atoms with Crippen molar-refractivity contribution >= 4 is 16.9 Å². The first-order valence-corrected chi connectivity index (χ1v) is 9.42. The Morgan fingerprint density at radius 1 is 1.44 bits per heavy atom. The van der Waals surface area contributed by atoms with Crippen molar-refractivity contribution in [1.82, 2.24) is 9.88 Å². The Kier molecular flexibility index (Phi) is 6.31. The number of carbonyl (C=O) groups is 1. The monoisotopic (exact) mass is 366 g/mol. The number of fused-ring (bicyclic) bond motifs is 1. The molecule has 0 radical (unpaired) electrons. The van der Waals surface area contributed by atoms with Crippen LogP contribution in [-0.4, -0.2) is 47.7 Å². The fourth-order valence-corrected chi connectivity index (χ4v) is 4.05. The number of terminal acetylenes is 1. The van der Waals surface area contributed by atoms with Crippen LogP contribution in [0.2, 0.25) is 0 Å².